The van der Waals surface area contributed by atoms with Gasteiger partial charge in [-0.2, -0.15) is 13.2 Å². The number of ether oxygens (including phenoxy) is 2. The first-order valence-electron chi connectivity index (χ1n) is 13.5. The fourth-order valence-corrected chi connectivity index (χ4v) is 5.30. The first-order chi connectivity index (χ1) is 21.6. The lowest BCUT2D eigenvalue weighted by Crippen LogP contribution is -2.56. The standard InChI is InChI=1S/C27H22F5N3O4.C2HF3O2/c1-3-38-25(36)15-13-10-11-14-16(26(37)39-4-2)24(17-18(28)20(30)22(32)21(31)19(17)29)34-27(35(13)14)33-23(15)12-8-6-5-7-9-12;3-2(4,5)1(6)7/h5-9,13-14H,3-4,10-11H2,1-2H3,(H,33,34,36,37);(H,6,7)/t13-,14-;/m1./s1. The van der Waals surface area contributed by atoms with E-state index in [9.17, 15) is 35.9 Å². The van der Waals surface area contributed by atoms with Gasteiger partial charge < -0.3 is 19.4 Å². The van der Waals surface area contributed by atoms with Crippen LogP contribution in [0.3, 0.4) is 0 Å². The zero-order chi connectivity index (χ0) is 34.1. The predicted molar refractivity (Wildman–Crippen MR) is 139 cm³/mol. The van der Waals surface area contributed by atoms with Crippen molar-refractivity contribution >= 4 is 35.3 Å². The maximum Gasteiger partial charge on any atom is 0.430 e. The maximum absolute atomic E-state index is 15.0. The molecule has 0 radical (unpaired) electrons. The van der Waals surface area contributed by atoms with Crippen molar-refractivity contribution in [2.24, 2.45) is 0 Å². The van der Waals surface area contributed by atoms with Gasteiger partial charge in [0.15, 0.2) is 23.3 Å². The molecule has 5 rings (SSSR count). The van der Waals surface area contributed by atoms with Crippen molar-refractivity contribution < 1.29 is 68.7 Å². The summed E-state index contributed by atoms with van der Waals surface area (Å²) in [6.45, 7) is 3.17. The van der Waals surface area contributed by atoms with Gasteiger partial charge in [0.2, 0.25) is 5.82 Å². The fraction of sp³-hybridized carbons (Fsp3) is 0.310. The molecule has 2 N–H and O–H groups in total. The topological polar surface area (TPSA) is 120 Å². The minimum absolute atomic E-state index is 0.0985. The third-order valence-electron chi connectivity index (χ3n) is 7.08. The molecule has 3 aliphatic heterocycles. The van der Waals surface area contributed by atoms with Gasteiger partial charge in [0, 0.05) is 5.56 Å². The number of nitrogens with one attached hydrogen (secondary N) is 2. The Hall–Kier alpha value is -4.96. The molecule has 0 amide bonds. The Labute approximate surface area is 254 Å². The van der Waals surface area contributed by atoms with Crippen molar-refractivity contribution in [3.05, 3.63) is 81.7 Å². The van der Waals surface area contributed by atoms with Crippen molar-refractivity contribution in [1.29, 1.82) is 0 Å². The number of carboxylic acid groups (broad SMARTS) is 1. The Morgan fingerprint density at radius 3 is 1.63 bits per heavy atom. The van der Waals surface area contributed by atoms with Crippen molar-refractivity contribution in [2.75, 3.05) is 13.2 Å². The van der Waals surface area contributed by atoms with Crippen LogP contribution < -0.4 is 15.7 Å². The second-order valence-electron chi connectivity index (χ2n) is 9.73. The summed E-state index contributed by atoms with van der Waals surface area (Å²) in [5.41, 5.74) is -1.00. The van der Waals surface area contributed by atoms with Crippen LogP contribution in [-0.4, -0.2) is 59.9 Å². The molecular formula is C29H23F8N3O6. The molecule has 2 aromatic rings. The van der Waals surface area contributed by atoms with Crippen LogP contribution in [-0.2, 0) is 23.9 Å². The number of aliphatic carboxylic acids is 1. The van der Waals surface area contributed by atoms with Crippen LogP contribution in [0.25, 0.3) is 11.4 Å². The molecule has 2 aromatic carbocycles. The molecule has 17 heteroatoms. The lowest BCUT2D eigenvalue weighted by atomic mass is 9.95. The van der Waals surface area contributed by atoms with Crippen LogP contribution in [0.1, 0.15) is 37.8 Å². The zero-order valence-corrected chi connectivity index (χ0v) is 23.8. The lowest BCUT2D eigenvalue weighted by Gasteiger charge is -2.32. The molecule has 46 heavy (non-hydrogen) atoms. The van der Waals surface area contributed by atoms with Gasteiger partial charge in [-0.3, -0.25) is 0 Å². The van der Waals surface area contributed by atoms with Crippen molar-refractivity contribution in [3.8, 4) is 0 Å². The number of esters is 2. The molecule has 0 saturated carbocycles. The molecule has 1 saturated heterocycles. The van der Waals surface area contributed by atoms with Gasteiger partial charge >= 0.3 is 24.1 Å². The number of alkyl halides is 3. The van der Waals surface area contributed by atoms with Gasteiger partial charge in [0.25, 0.3) is 0 Å². The summed E-state index contributed by atoms with van der Waals surface area (Å²) in [6, 6.07) is 7.19. The van der Waals surface area contributed by atoms with Crippen LogP contribution in [0.5, 0.6) is 0 Å². The quantitative estimate of drug-likeness (QED) is 0.160. The monoisotopic (exact) mass is 661 g/mol. The third-order valence-corrected chi connectivity index (χ3v) is 7.08. The molecule has 3 heterocycles. The largest absolute Gasteiger partial charge is 0.542 e. The highest BCUT2D eigenvalue weighted by Gasteiger charge is 2.53. The molecule has 0 unspecified atom stereocenters. The van der Waals surface area contributed by atoms with Gasteiger partial charge in [0.05, 0.1) is 18.8 Å². The third kappa shape index (κ3) is 6.12. The van der Waals surface area contributed by atoms with Gasteiger partial charge in [-0.1, -0.05) is 30.3 Å². The summed E-state index contributed by atoms with van der Waals surface area (Å²) in [5, 5.41) is 14.5. The number of hydrogen-bond acceptors (Lipinski definition) is 8. The van der Waals surface area contributed by atoms with Crippen LogP contribution in [0.4, 0.5) is 35.1 Å². The highest BCUT2D eigenvalue weighted by molar-refractivity contribution is 6.08. The maximum atomic E-state index is 15.0. The number of benzene rings is 2. The van der Waals surface area contributed by atoms with Crippen LogP contribution in [0.15, 0.2) is 41.5 Å². The summed E-state index contributed by atoms with van der Waals surface area (Å²) < 4.78 is 116. The van der Waals surface area contributed by atoms with Crippen LogP contribution in [0, 0.1) is 29.1 Å². The first kappa shape index (κ1) is 33.9. The van der Waals surface area contributed by atoms with Crippen LogP contribution in [0.2, 0.25) is 0 Å². The Kier molecular flexibility index (Phi) is 9.72. The molecule has 9 nitrogen and oxygen atoms in total. The SMILES string of the molecule is CCOC(=O)C1=C(c2ccccc2)NC2=[N+]3[C@@H]1CC[C@@H]3C(C(=O)OCC)=C(c1c(F)c(F)c(F)c(F)c1F)N2.O=C([O-])C(F)(F)F. The van der Waals surface area contributed by atoms with E-state index in [1.165, 1.54) is 6.92 Å². The Morgan fingerprint density at radius 2 is 1.20 bits per heavy atom. The van der Waals surface area contributed by atoms with E-state index in [-0.39, 0.29) is 36.7 Å². The summed E-state index contributed by atoms with van der Waals surface area (Å²) in [7, 11) is 0. The number of carbonyl (C=O) groups is 3. The molecule has 3 aliphatic rings. The Bertz CT molecular complexity index is 1660. The smallest absolute Gasteiger partial charge is 0.430 e. The summed E-state index contributed by atoms with van der Waals surface area (Å²) in [6.07, 6.45) is -4.68. The molecule has 0 aliphatic carbocycles. The number of hydrogen-bond donors (Lipinski definition) is 2. The van der Waals surface area contributed by atoms with Crippen molar-refractivity contribution in [1.82, 2.24) is 10.6 Å². The highest BCUT2D eigenvalue weighted by atomic mass is 19.4. The first-order valence-corrected chi connectivity index (χ1v) is 13.5. The van der Waals surface area contributed by atoms with Crippen molar-refractivity contribution in [3.63, 3.8) is 0 Å². The normalized spacial score (nSPS) is 18.7. The second-order valence-corrected chi connectivity index (χ2v) is 9.73. The second kappa shape index (κ2) is 13.2. The highest BCUT2D eigenvalue weighted by Crippen LogP contribution is 2.41. The van der Waals surface area contributed by atoms with Crippen molar-refractivity contribution in [2.45, 2.75) is 44.9 Å². The lowest BCUT2D eigenvalue weighted by molar-refractivity contribution is -0.566. The Balaban J connectivity index is 0.000000617. The summed E-state index contributed by atoms with van der Waals surface area (Å²) in [5.74, 6) is -15.3. The molecule has 0 bridgehead atoms. The van der Waals surface area contributed by atoms with Gasteiger partial charge in [0.1, 0.15) is 40.6 Å². The molecule has 2 atom stereocenters. The number of guanidine groups is 1. The summed E-state index contributed by atoms with van der Waals surface area (Å²) in [4.78, 5) is 35.1. The van der Waals surface area contributed by atoms with E-state index in [4.69, 9.17) is 19.4 Å². The van der Waals surface area contributed by atoms with E-state index in [0.717, 1.165) is 0 Å². The fourth-order valence-electron chi connectivity index (χ4n) is 5.30. The number of carboxylic acids is 1. The van der Waals surface area contributed by atoms with E-state index >= 15 is 8.78 Å². The number of nitrogens with zero attached hydrogens (tertiary/aromatic N) is 1. The van der Waals surface area contributed by atoms with E-state index in [0.29, 0.717) is 17.7 Å². The number of halogens is 8. The average molecular weight is 662 g/mol. The molecule has 0 aromatic heterocycles. The average Bonchev–Trinajstić information content (AvgIpc) is 3.45. The van der Waals surface area contributed by atoms with Gasteiger partial charge in [-0.15, -0.1) is 0 Å². The van der Waals surface area contributed by atoms with Gasteiger partial charge in [-0.05, 0) is 26.7 Å². The number of carbonyl (C=O) groups excluding carboxylic acids is 3. The summed E-state index contributed by atoms with van der Waals surface area (Å²) >= 11 is 0. The number of rotatable bonds is 6. The molecular weight excluding hydrogens is 638 g/mol. The predicted octanol–water partition coefficient (Wildman–Crippen LogP) is 3.04. The van der Waals surface area contributed by atoms with E-state index in [2.05, 4.69) is 10.6 Å². The molecule has 0 spiro atoms. The van der Waals surface area contributed by atoms with E-state index < -0.39 is 76.5 Å². The zero-order valence-electron chi connectivity index (χ0n) is 23.8. The van der Waals surface area contributed by atoms with Crippen LogP contribution >= 0.6 is 0 Å². The van der Waals surface area contributed by atoms with Gasteiger partial charge in [-0.25, -0.2) is 46.8 Å². The van der Waals surface area contributed by atoms with E-state index in [1.807, 2.05) is 0 Å². The minimum atomic E-state index is -5.19. The minimum Gasteiger partial charge on any atom is -0.542 e. The van der Waals surface area contributed by atoms with E-state index in [1.54, 1.807) is 41.8 Å². The molecule has 246 valence electrons. The Morgan fingerprint density at radius 1 is 0.783 bits per heavy atom. The molecule has 1 fully saturated rings.